The van der Waals surface area contributed by atoms with Crippen molar-refractivity contribution in [3.63, 3.8) is 0 Å². The second-order valence-corrected chi connectivity index (χ2v) is 7.60. The van der Waals surface area contributed by atoms with E-state index in [1.165, 1.54) is 0 Å². The lowest BCUT2D eigenvalue weighted by Crippen LogP contribution is -2.35. The number of carbonyl (C=O) groups is 2. The number of nitrogens with one attached hydrogen (secondary N) is 3. The van der Waals surface area contributed by atoms with Gasteiger partial charge in [-0.3, -0.25) is 14.9 Å². The van der Waals surface area contributed by atoms with Crippen molar-refractivity contribution in [1.82, 2.24) is 15.5 Å². The molecule has 2 amide bonds. The molecule has 6 nitrogen and oxygen atoms in total. The van der Waals surface area contributed by atoms with Crippen molar-refractivity contribution in [2.45, 2.75) is 13.8 Å². The standard InChI is InChI=1S/C21H25BrN4O2S/c1-3-26(4-2)14-13-23-19(27)15-7-11-18(12-8-15)24-21(29)25-20(28)16-5-9-17(22)10-6-16/h5-12H,3-4,13-14H2,1-2H3,(H,23,27)(H2,24,25,28,29). The lowest BCUT2D eigenvalue weighted by Gasteiger charge is -2.18. The van der Waals surface area contributed by atoms with Crippen LogP contribution in [-0.4, -0.2) is 48.0 Å². The highest BCUT2D eigenvalue weighted by Crippen LogP contribution is 2.11. The maximum atomic E-state index is 12.2. The maximum Gasteiger partial charge on any atom is 0.257 e. The first-order chi connectivity index (χ1) is 13.9. The van der Waals surface area contributed by atoms with Crippen LogP contribution in [0.2, 0.25) is 0 Å². The van der Waals surface area contributed by atoms with E-state index in [4.69, 9.17) is 12.2 Å². The fourth-order valence-corrected chi connectivity index (χ4v) is 3.09. The number of likely N-dealkylation sites (N-methyl/N-ethyl adjacent to an activating group) is 1. The number of amides is 2. The van der Waals surface area contributed by atoms with Gasteiger partial charge in [0.25, 0.3) is 11.8 Å². The van der Waals surface area contributed by atoms with Gasteiger partial charge in [-0.2, -0.15) is 0 Å². The molecule has 0 saturated heterocycles. The fourth-order valence-electron chi connectivity index (χ4n) is 2.61. The highest BCUT2D eigenvalue weighted by atomic mass is 79.9. The number of anilines is 1. The normalized spacial score (nSPS) is 10.5. The minimum absolute atomic E-state index is 0.116. The summed E-state index contributed by atoms with van der Waals surface area (Å²) < 4.78 is 0.895. The Hall–Kier alpha value is -2.29. The smallest absolute Gasteiger partial charge is 0.257 e. The van der Waals surface area contributed by atoms with Gasteiger partial charge in [-0.15, -0.1) is 0 Å². The van der Waals surface area contributed by atoms with E-state index in [2.05, 4.69) is 50.6 Å². The molecule has 2 rings (SSSR count). The third-order valence-electron chi connectivity index (χ3n) is 4.35. The van der Waals surface area contributed by atoms with Crippen molar-refractivity contribution < 1.29 is 9.59 Å². The summed E-state index contributed by atoms with van der Waals surface area (Å²) in [5, 5.41) is 8.69. The van der Waals surface area contributed by atoms with Gasteiger partial charge < -0.3 is 15.5 Å². The van der Waals surface area contributed by atoms with E-state index in [9.17, 15) is 9.59 Å². The molecule has 2 aromatic rings. The van der Waals surface area contributed by atoms with Crippen LogP contribution in [0, 0.1) is 0 Å². The molecule has 0 aliphatic rings. The minimum Gasteiger partial charge on any atom is -0.351 e. The predicted molar refractivity (Wildman–Crippen MR) is 124 cm³/mol. The number of benzene rings is 2. The van der Waals surface area contributed by atoms with Gasteiger partial charge in [0, 0.05) is 34.4 Å². The predicted octanol–water partition coefficient (Wildman–Crippen LogP) is 3.65. The van der Waals surface area contributed by atoms with Crippen molar-refractivity contribution in [3.8, 4) is 0 Å². The lowest BCUT2D eigenvalue weighted by molar-refractivity contribution is 0.0947. The summed E-state index contributed by atoms with van der Waals surface area (Å²) in [5.74, 6) is -0.408. The molecule has 0 unspecified atom stereocenters. The lowest BCUT2D eigenvalue weighted by atomic mass is 10.2. The highest BCUT2D eigenvalue weighted by Gasteiger charge is 2.09. The maximum absolute atomic E-state index is 12.2. The third kappa shape index (κ3) is 7.56. The summed E-state index contributed by atoms with van der Waals surface area (Å²) in [6.07, 6.45) is 0. The van der Waals surface area contributed by atoms with Crippen LogP contribution in [0.15, 0.2) is 53.0 Å². The number of halogens is 1. The van der Waals surface area contributed by atoms with E-state index >= 15 is 0 Å². The number of nitrogens with zero attached hydrogens (tertiary/aromatic N) is 1. The first kappa shape index (κ1) is 23.0. The number of rotatable bonds is 8. The number of carbonyl (C=O) groups excluding carboxylic acids is 2. The molecule has 0 bridgehead atoms. The Bertz CT molecular complexity index is 837. The summed E-state index contributed by atoms with van der Waals surface area (Å²) in [7, 11) is 0. The van der Waals surface area contributed by atoms with Crippen LogP contribution in [0.25, 0.3) is 0 Å². The quantitative estimate of drug-likeness (QED) is 0.507. The van der Waals surface area contributed by atoms with Gasteiger partial charge >= 0.3 is 0 Å². The van der Waals surface area contributed by atoms with E-state index in [1.807, 2.05) is 0 Å². The van der Waals surface area contributed by atoms with Crippen molar-refractivity contribution in [3.05, 3.63) is 64.1 Å². The van der Waals surface area contributed by atoms with Gasteiger partial charge in [-0.1, -0.05) is 29.8 Å². The van der Waals surface area contributed by atoms with Gasteiger partial charge in [-0.05, 0) is 73.8 Å². The SMILES string of the molecule is CCN(CC)CCNC(=O)c1ccc(NC(=S)NC(=O)c2ccc(Br)cc2)cc1. The summed E-state index contributed by atoms with van der Waals surface area (Å²) in [4.78, 5) is 26.7. The van der Waals surface area contributed by atoms with Gasteiger partial charge in [0.15, 0.2) is 5.11 Å². The molecule has 8 heteroatoms. The van der Waals surface area contributed by atoms with Crippen molar-refractivity contribution in [2.75, 3.05) is 31.5 Å². The number of thiocarbonyl (C=S) groups is 1. The van der Waals surface area contributed by atoms with Gasteiger partial charge in [0.2, 0.25) is 0 Å². The first-order valence-electron chi connectivity index (χ1n) is 9.41. The van der Waals surface area contributed by atoms with Crippen LogP contribution in [0.5, 0.6) is 0 Å². The van der Waals surface area contributed by atoms with Gasteiger partial charge in [0.1, 0.15) is 0 Å². The molecule has 0 fully saturated rings. The molecule has 0 atom stereocenters. The zero-order valence-corrected chi connectivity index (χ0v) is 18.9. The van der Waals surface area contributed by atoms with Crippen LogP contribution >= 0.6 is 28.1 Å². The third-order valence-corrected chi connectivity index (χ3v) is 5.08. The second-order valence-electron chi connectivity index (χ2n) is 6.28. The molecule has 0 radical (unpaired) electrons. The van der Waals surface area contributed by atoms with E-state index < -0.39 is 0 Å². The Labute approximate surface area is 185 Å². The van der Waals surface area contributed by atoms with Crippen molar-refractivity contribution in [1.29, 1.82) is 0 Å². The molecular formula is C21H25BrN4O2S. The monoisotopic (exact) mass is 476 g/mol. The fraction of sp³-hybridized carbons (Fsp3) is 0.286. The molecule has 0 heterocycles. The van der Waals surface area contributed by atoms with Crippen LogP contribution in [0.3, 0.4) is 0 Å². The molecule has 0 aliphatic carbocycles. The summed E-state index contributed by atoms with van der Waals surface area (Å²) in [6.45, 7) is 7.55. The Balaban J connectivity index is 1.83. The van der Waals surface area contributed by atoms with Crippen LogP contribution in [0.1, 0.15) is 34.6 Å². The Morgan fingerprint density at radius 2 is 1.48 bits per heavy atom. The molecule has 3 N–H and O–H groups in total. The largest absolute Gasteiger partial charge is 0.351 e. The Kier molecular flexibility index (Phi) is 9.24. The molecular weight excluding hydrogens is 452 g/mol. The van der Waals surface area contributed by atoms with E-state index in [1.54, 1.807) is 48.5 Å². The number of hydrogen-bond acceptors (Lipinski definition) is 4. The highest BCUT2D eigenvalue weighted by molar-refractivity contribution is 9.10. The van der Waals surface area contributed by atoms with Crippen molar-refractivity contribution >= 4 is 50.8 Å². The molecule has 0 aromatic heterocycles. The summed E-state index contributed by atoms with van der Waals surface area (Å²) >= 11 is 8.52. The van der Waals surface area contributed by atoms with E-state index in [0.717, 1.165) is 24.1 Å². The topological polar surface area (TPSA) is 73.5 Å². The zero-order valence-electron chi connectivity index (χ0n) is 16.5. The Morgan fingerprint density at radius 1 is 0.931 bits per heavy atom. The molecule has 0 spiro atoms. The van der Waals surface area contributed by atoms with E-state index in [0.29, 0.717) is 23.4 Å². The average molecular weight is 477 g/mol. The van der Waals surface area contributed by atoms with Crippen LogP contribution < -0.4 is 16.0 Å². The van der Waals surface area contributed by atoms with Gasteiger partial charge in [0.05, 0.1) is 0 Å². The molecule has 0 aliphatic heterocycles. The minimum atomic E-state index is -0.292. The molecule has 0 saturated carbocycles. The molecule has 154 valence electrons. The van der Waals surface area contributed by atoms with Crippen LogP contribution in [0.4, 0.5) is 5.69 Å². The number of hydrogen-bond donors (Lipinski definition) is 3. The Morgan fingerprint density at radius 3 is 2.07 bits per heavy atom. The first-order valence-corrected chi connectivity index (χ1v) is 10.6. The zero-order chi connectivity index (χ0) is 21.2. The molecule has 2 aromatic carbocycles. The molecule has 29 heavy (non-hydrogen) atoms. The van der Waals surface area contributed by atoms with Gasteiger partial charge in [-0.25, -0.2) is 0 Å². The summed E-state index contributed by atoms with van der Waals surface area (Å²) in [5.41, 5.74) is 1.76. The van der Waals surface area contributed by atoms with Crippen molar-refractivity contribution in [2.24, 2.45) is 0 Å². The average Bonchev–Trinajstić information content (AvgIpc) is 2.72. The second kappa shape index (κ2) is 11.6. The van der Waals surface area contributed by atoms with E-state index in [-0.39, 0.29) is 16.9 Å². The summed E-state index contributed by atoms with van der Waals surface area (Å²) in [6, 6.07) is 13.9. The van der Waals surface area contributed by atoms with Crippen LogP contribution in [-0.2, 0) is 0 Å².